The van der Waals surface area contributed by atoms with Crippen LogP contribution in [0.4, 0.5) is 0 Å². The van der Waals surface area contributed by atoms with Gasteiger partial charge in [-0.2, -0.15) is 0 Å². The van der Waals surface area contributed by atoms with Gasteiger partial charge < -0.3 is 14.2 Å². The minimum Gasteiger partial charge on any atom is -0.369 e. The van der Waals surface area contributed by atoms with Crippen LogP contribution >= 0.6 is 0 Å². The zero-order chi connectivity index (χ0) is 20.1. The molecule has 0 bridgehead atoms. The van der Waals surface area contributed by atoms with Crippen molar-refractivity contribution in [3.05, 3.63) is 60.7 Å². The Morgan fingerprint density at radius 3 is 2.69 bits per heavy atom. The third-order valence-corrected chi connectivity index (χ3v) is 7.83. The summed E-state index contributed by atoms with van der Waals surface area (Å²) in [5, 5.41) is -0.633. The fourth-order valence-electron chi connectivity index (χ4n) is 4.07. The summed E-state index contributed by atoms with van der Waals surface area (Å²) < 4.78 is 33.8. The van der Waals surface area contributed by atoms with E-state index in [0.717, 1.165) is 11.0 Å². The second kappa shape index (κ2) is 6.64. The van der Waals surface area contributed by atoms with Gasteiger partial charge in [-0.3, -0.25) is 9.78 Å². The first-order valence-corrected chi connectivity index (χ1v) is 11.1. The molecule has 2 saturated heterocycles. The highest BCUT2D eigenvalue weighted by atomic mass is 32.2. The number of nitrogens with zero attached hydrogens (tertiary/aromatic N) is 4. The highest BCUT2D eigenvalue weighted by Gasteiger charge is 2.54. The van der Waals surface area contributed by atoms with Crippen LogP contribution < -0.4 is 0 Å². The summed E-state index contributed by atoms with van der Waals surface area (Å²) in [5.41, 5.74) is 1.28. The van der Waals surface area contributed by atoms with Crippen LogP contribution in [-0.2, 0) is 21.1 Å². The monoisotopic (exact) mass is 412 g/mol. The summed E-state index contributed by atoms with van der Waals surface area (Å²) >= 11 is 0. The van der Waals surface area contributed by atoms with Crippen LogP contribution in [0.25, 0.3) is 11.0 Å². The molecule has 2 fully saturated rings. The molecular weight excluding hydrogens is 392 g/mol. The quantitative estimate of drug-likeness (QED) is 0.640. The number of carbonyl (C=O) groups is 1. The zero-order valence-electron chi connectivity index (χ0n) is 15.6. The molecule has 1 aromatic carbocycles. The molecule has 4 heterocycles. The van der Waals surface area contributed by atoms with Crippen LogP contribution in [0.15, 0.2) is 55.0 Å². The van der Waals surface area contributed by atoms with Crippen molar-refractivity contribution in [3.63, 3.8) is 0 Å². The summed E-state index contributed by atoms with van der Waals surface area (Å²) in [6.45, 7) is 0.945. The van der Waals surface area contributed by atoms with Gasteiger partial charge >= 0.3 is 0 Å². The third-order valence-electron chi connectivity index (χ3n) is 5.60. The van der Waals surface area contributed by atoms with E-state index in [2.05, 4.69) is 9.97 Å². The largest absolute Gasteiger partial charge is 0.369 e. The Bertz CT molecular complexity index is 1170. The van der Waals surface area contributed by atoms with E-state index in [1.807, 2.05) is 28.8 Å². The molecule has 2 aliphatic heterocycles. The van der Waals surface area contributed by atoms with E-state index in [-0.39, 0.29) is 31.4 Å². The van der Waals surface area contributed by atoms with Crippen molar-refractivity contribution in [2.24, 2.45) is 0 Å². The predicted molar refractivity (Wildman–Crippen MR) is 106 cm³/mol. The number of para-hydroxylation sites is 2. The summed E-state index contributed by atoms with van der Waals surface area (Å²) in [5.74, 6) is -0.284. The molecule has 0 N–H and O–H groups in total. The summed E-state index contributed by atoms with van der Waals surface area (Å²) in [4.78, 5) is 22.4. The van der Waals surface area contributed by atoms with Crippen LogP contribution in [0, 0.1) is 0 Å². The van der Waals surface area contributed by atoms with Gasteiger partial charge in [-0.1, -0.05) is 18.2 Å². The van der Waals surface area contributed by atoms with Crippen molar-refractivity contribution < 1.29 is 17.9 Å². The minimum atomic E-state index is -3.38. The number of ether oxygens (including phenoxy) is 1. The predicted octanol–water partition coefficient (Wildman–Crippen LogP) is 1.14. The summed E-state index contributed by atoms with van der Waals surface area (Å²) in [6.07, 6.45) is 3.23. The van der Waals surface area contributed by atoms with Gasteiger partial charge in [0.15, 0.2) is 9.84 Å². The fraction of sp³-hybridized carbons (Fsp3) is 0.350. The first-order chi connectivity index (χ1) is 14.0. The SMILES string of the molecule is O=C(c1ccccn1)N1CC2(C1)CS(=O)(=O)[C@@H](Cn1cnc3ccccc31)CO2. The molecule has 2 aliphatic rings. The Morgan fingerprint density at radius 2 is 1.93 bits per heavy atom. The average Bonchev–Trinajstić information content (AvgIpc) is 3.11. The molecule has 1 amide bonds. The fourth-order valence-corrected chi connectivity index (χ4v) is 5.97. The molecule has 150 valence electrons. The number of amides is 1. The number of fused-ring (bicyclic) bond motifs is 1. The molecular formula is C20H20N4O4S. The molecule has 1 spiro atoms. The number of benzene rings is 1. The number of aromatic nitrogens is 3. The summed E-state index contributed by atoms with van der Waals surface area (Å²) in [7, 11) is -3.38. The highest BCUT2D eigenvalue weighted by Crippen LogP contribution is 2.34. The molecule has 3 aromatic rings. The zero-order valence-corrected chi connectivity index (χ0v) is 16.5. The molecule has 0 saturated carbocycles. The molecule has 2 aromatic heterocycles. The number of rotatable bonds is 3. The smallest absolute Gasteiger partial charge is 0.272 e. The van der Waals surface area contributed by atoms with Gasteiger partial charge in [0.2, 0.25) is 0 Å². The van der Waals surface area contributed by atoms with Crippen molar-refractivity contribution in [1.82, 2.24) is 19.4 Å². The lowest BCUT2D eigenvalue weighted by atomic mass is 9.95. The molecule has 5 rings (SSSR count). The molecule has 0 unspecified atom stereocenters. The highest BCUT2D eigenvalue weighted by molar-refractivity contribution is 7.92. The standard InChI is InChI=1S/C20H20N4O4S/c25-19(17-6-3-4-8-21-17)24-11-20(12-24)13-29(26,27)15(10-28-20)9-23-14-22-16-5-1-2-7-18(16)23/h1-8,14-15H,9-13H2/t15-/m0/s1. The molecule has 0 aliphatic carbocycles. The van der Waals surface area contributed by atoms with E-state index in [9.17, 15) is 13.2 Å². The second-order valence-electron chi connectivity index (χ2n) is 7.69. The number of sulfone groups is 1. The van der Waals surface area contributed by atoms with Crippen LogP contribution in [0.1, 0.15) is 10.5 Å². The van der Waals surface area contributed by atoms with E-state index in [4.69, 9.17) is 4.74 Å². The van der Waals surface area contributed by atoms with Gasteiger partial charge in [0.25, 0.3) is 5.91 Å². The Morgan fingerprint density at radius 1 is 1.14 bits per heavy atom. The van der Waals surface area contributed by atoms with Crippen molar-refractivity contribution in [1.29, 1.82) is 0 Å². The Balaban J connectivity index is 1.27. The first kappa shape index (κ1) is 18.3. The van der Waals surface area contributed by atoms with Gasteiger partial charge in [0.1, 0.15) is 16.5 Å². The molecule has 1 atom stereocenters. The van der Waals surface area contributed by atoms with E-state index in [1.165, 1.54) is 0 Å². The van der Waals surface area contributed by atoms with Crippen molar-refractivity contribution in [3.8, 4) is 0 Å². The number of pyridine rings is 1. The lowest BCUT2D eigenvalue weighted by Crippen LogP contribution is -2.70. The lowest BCUT2D eigenvalue weighted by Gasteiger charge is -2.52. The van der Waals surface area contributed by atoms with E-state index in [1.54, 1.807) is 35.6 Å². The van der Waals surface area contributed by atoms with Gasteiger partial charge in [-0.15, -0.1) is 0 Å². The first-order valence-electron chi connectivity index (χ1n) is 9.42. The maximum absolute atomic E-state index is 13.0. The molecule has 0 radical (unpaired) electrons. The van der Waals surface area contributed by atoms with E-state index >= 15 is 0 Å². The molecule has 29 heavy (non-hydrogen) atoms. The van der Waals surface area contributed by atoms with Crippen LogP contribution in [-0.4, -0.2) is 70.1 Å². The Kier molecular flexibility index (Phi) is 4.18. The number of carbonyl (C=O) groups excluding carboxylic acids is 1. The molecule has 9 heteroatoms. The van der Waals surface area contributed by atoms with Gasteiger partial charge in [0, 0.05) is 12.7 Å². The number of hydrogen-bond acceptors (Lipinski definition) is 6. The average molecular weight is 412 g/mol. The lowest BCUT2D eigenvalue weighted by molar-refractivity contribution is -0.121. The number of imidazole rings is 1. The number of hydrogen-bond donors (Lipinski definition) is 0. The van der Waals surface area contributed by atoms with Gasteiger partial charge in [0.05, 0.1) is 42.8 Å². The van der Waals surface area contributed by atoms with E-state index in [0.29, 0.717) is 12.2 Å². The van der Waals surface area contributed by atoms with Gasteiger partial charge in [-0.25, -0.2) is 13.4 Å². The normalized spacial score (nSPS) is 22.5. The molecule has 8 nitrogen and oxygen atoms in total. The van der Waals surface area contributed by atoms with Crippen LogP contribution in [0.3, 0.4) is 0 Å². The van der Waals surface area contributed by atoms with Crippen LogP contribution in [0.5, 0.6) is 0 Å². The Labute approximate surface area is 168 Å². The van der Waals surface area contributed by atoms with Crippen molar-refractivity contribution >= 4 is 26.8 Å². The van der Waals surface area contributed by atoms with Gasteiger partial charge in [-0.05, 0) is 24.3 Å². The third kappa shape index (κ3) is 3.20. The maximum atomic E-state index is 13.0. The second-order valence-corrected chi connectivity index (χ2v) is 9.97. The van der Waals surface area contributed by atoms with Crippen molar-refractivity contribution in [2.75, 3.05) is 25.4 Å². The topological polar surface area (TPSA) is 94.4 Å². The Hall–Kier alpha value is -2.78. The maximum Gasteiger partial charge on any atom is 0.272 e. The van der Waals surface area contributed by atoms with E-state index < -0.39 is 20.7 Å². The summed E-state index contributed by atoms with van der Waals surface area (Å²) in [6, 6.07) is 12.8. The minimum absolute atomic E-state index is 0.0801. The van der Waals surface area contributed by atoms with Crippen LogP contribution in [0.2, 0.25) is 0 Å². The number of likely N-dealkylation sites (tertiary alicyclic amines) is 1. The van der Waals surface area contributed by atoms with Crippen molar-refractivity contribution in [2.45, 2.75) is 17.4 Å².